The van der Waals surface area contributed by atoms with Crippen LogP contribution in [0.1, 0.15) is 0 Å². The molecule has 0 spiro atoms. The third-order valence-electron chi connectivity index (χ3n) is 5.41. The zero-order valence-electron chi connectivity index (χ0n) is 16.3. The molecule has 3 aromatic rings. The van der Waals surface area contributed by atoms with Gasteiger partial charge in [-0.05, 0) is 36.5 Å². The highest BCUT2D eigenvalue weighted by atomic mass is 32.2. The molecular formula is C19H21N5O4S2. The number of rotatable bonds is 5. The fourth-order valence-corrected chi connectivity index (χ4v) is 5.38. The summed E-state index contributed by atoms with van der Waals surface area (Å²) in [5.74, 6) is 0. The average Bonchev–Trinajstić information content (AvgIpc) is 2.99. The van der Waals surface area contributed by atoms with Crippen molar-refractivity contribution in [1.82, 2.24) is 18.3 Å². The number of para-hydroxylation sites is 2. The fourth-order valence-electron chi connectivity index (χ4n) is 3.70. The van der Waals surface area contributed by atoms with E-state index in [1.807, 2.05) is 35.9 Å². The van der Waals surface area contributed by atoms with Gasteiger partial charge in [0, 0.05) is 45.4 Å². The Hall–Kier alpha value is -2.60. The molecule has 1 fully saturated rings. The van der Waals surface area contributed by atoms with Gasteiger partial charge in [0.1, 0.15) is 0 Å². The molecule has 0 saturated carbocycles. The van der Waals surface area contributed by atoms with Crippen LogP contribution in [0.25, 0.3) is 11.0 Å². The Balaban J connectivity index is 1.47. The van der Waals surface area contributed by atoms with Gasteiger partial charge >= 0.3 is 0 Å². The number of aromatic nitrogens is 2. The number of piperazine rings is 1. The van der Waals surface area contributed by atoms with Crippen LogP contribution in [0.2, 0.25) is 0 Å². The molecule has 158 valence electrons. The Kier molecular flexibility index (Phi) is 5.45. The van der Waals surface area contributed by atoms with Gasteiger partial charge < -0.3 is 9.13 Å². The molecule has 2 heterocycles. The largest absolute Gasteiger partial charge is 0.320 e. The lowest BCUT2D eigenvalue weighted by molar-refractivity contribution is -0.384. The second kappa shape index (κ2) is 7.91. The summed E-state index contributed by atoms with van der Waals surface area (Å²) in [6.07, 6.45) is 0. The second-order valence-corrected chi connectivity index (χ2v) is 9.48. The van der Waals surface area contributed by atoms with E-state index in [1.165, 1.54) is 28.6 Å². The highest BCUT2D eigenvalue weighted by Gasteiger charge is 2.29. The quantitative estimate of drug-likeness (QED) is 0.339. The lowest BCUT2D eigenvalue weighted by Crippen LogP contribution is -2.48. The molecule has 0 N–H and O–H groups in total. The summed E-state index contributed by atoms with van der Waals surface area (Å²) in [5, 5.41) is 10.8. The van der Waals surface area contributed by atoms with Crippen molar-refractivity contribution >= 4 is 39.0 Å². The van der Waals surface area contributed by atoms with Crippen LogP contribution in [-0.2, 0) is 23.7 Å². The van der Waals surface area contributed by atoms with E-state index in [2.05, 4.69) is 9.47 Å². The van der Waals surface area contributed by atoms with E-state index in [9.17, 15) is 18.5 Å². The topological polar surface area (TPSA) is 93.6 Å². The molecule has 2 aromatic carbocycles. The first-order valence-electron chi connectivity index (χ1n) is 9.40. The van der Waals surface area contributed by atoms with Gasteiger partial charge in [-0.15, -0.1) is 0 Å². The van der Waals surface area contributed by atoms with Gasteiger partial charge in [0.05, 0.1) is 27.5 Å². The number of nitro groups is 1. The second-order valence-electron chi connectivity index (χ2n) is 7.17. The van der Waals surface area contributed by atoms with Crippen molar-refractivity contribution in [2.75, 3.05) is 26.2 Å². The molecule has 0 bridgehead atoms. The van der Waals surface area contributed by atoms with E-state index >= 15 is 0 Å². The molecular weight excluding hydrogens is 426 g/mol. The van der Waals surface area contributed by atoms with Crippen LogP contribution < -0.4 is 0 Å². The summed E-state index contributed by atoms with van der Waals surface area (Å²) < 4.78 is 31.9. The molecule has 0 radical (unpaired) electrons. The van der Waals surface area contributed by atoms with Crippen LogP contribution >= 0.6 is 12.2 Å². The van der Waals surface area contributed by atoms with Crippen molar-refractivity contribution in [3.63, 3.8) is 0 Å². The van der Waals surface area contributed by atoms with Crippen molar-refractivity contribution in [2.45, 2.75) is 11.6 Å². The van der Waals surface area contributed by atoms with Crippen molar-refractivity contribution in [2.24, 2.45) is 7.05 Å². The third-order valence-corrected chi connectivity index (χ3v) is 7.82. The third kappa shape index (κ3) is 3.65. The monoisotopic (exact) mass is 447 g/mol. The Morgan fingerprint density at radius 2 is 1.60 bits per heavy atom. The van der Waals surface area contributed by atoms with Crippen LogP contribution in [0.3, 0.4) is 0 Å². The van der Waals surface area contributed by atoms with Gasteiger partial charge in [-0.25, -0.2) is 8.42 Å². The summed E-state index contributed by atoms with van der Waals surface area (Å²) >= 11 is 5.58. The number of fused-ring (bicyclic) bond motifs is 1. The number of hydrogen-bond acceptors (Lipinski definition) is 6. The molecule has 30 heavy (non-hydrogen) atoms. The summed E-state index contributed by atoms with van der Waals surface area (Å²) in [7, 11) is -1.75. The molecule has 1 aromatic heterocycles. The number of imidazole rings is 1. The average molecular weight is 448 g/mol. The summed E-state index contributed by atoms with van der Waals surface area (Å²) in [6.45, 7) is 2.41. The van der Waals surface area contributed by atoms with E-state index in [1.54, 1.807) is 0 Å². The van der Waals surface area contributed by atoms with Crippen LogP contribution in [0.15, 0.2) is 53.4 Å². The number of aryl methyl sites for hydroxylation is 1. The lowest BCUT2D eigenvalue weighted by atomic mass is 10.3. The maximum atomic E-state index is 12.9. The Labute approximate surface area is 178 Å². The number of nitro benzene ring substituents is 1. The normalized spacial score (nSPS) is 16.2. The predicted molar refractivity (Wildman–Crippen MR) is 115 cm³/mol. The molecule has 1 saturated heterocycles. The van der Waals surface area contributed by atoms with Gasteiger partial charge in [0.15, 0.2) is 4.77 Å². The zero-order chi connectivity index (χ0) is 21.5. The summed E-state index contributed by atoms with van der Waals surface area (Å²) in [4.78, 5) is 12.5. The van der Waals surface area contributed by atoms with Crippen LogP contribution in [-0.4, -0.2) is 57.9 Å². The minimum Gasteiger partial charge on any atom is -0.320 e. The van der Waals surface area contributed by atoms with Gasteiger partial charge in [-0.1, -0.05) is 12.1 Å². The van der Waals surface area contributed by atoms with Crippen molar-refractivity contribution in [1.29, 1.82) is 0 Å². The smallest absolute Gasteiger partial charge is 0.269 e. The number of benzene rings is 2. The molecule has 0 unspecified atom stereocenters. The molecule has 11 heteroatoms. The van der Waals surface area contributed by atoms with Gasteiger partial charge in [-0.2, -0.15) is 4.31 Å². The number of nitrogens with zero attached hydrogens (tertiary/aromatic N) is 5. The maximum Gasteiger partial charge on any atom is 0.269 e. The highest BCUT2D eigenvalue weighted by molar-refractivity contribution is 7.89. The number of hydrogen-bond donors (Lipinski definition) is 0. The first-order valence-corrected chi connectivity index (χ1v) is 11.2. The molecule has 9 nitrogen and oxygen atoms in total. The highest BCUT2D eigenvalue weighted by Crippen LogP contribution is 2.22. The SMILES string of the molecule is Cn1c(=S)n(CN2CCN(S(=O)(=O)c3ccc([N+](=O)[O-])cc3)CC2)c2ccccc21. The molecule has 4 rings (SSSR count). The summed E-state index contributed by atoms with van der Waals surface area (Å²) in [5.41, 5.74) is 1.97. The Morgan fingerprint density at radius 1 is 1.00 bits per heavy atom. The summed E-state index contributed by atoms with van der Waals surface area (Å²) in [6, 6.07) is 13.0. The minimum atomic E-state index is -3.69. The van der Waals surface area contributed by atoms with Crippen LogP contribution in [0, 0.1) is 14.9 Å². The van der Waals surface area contributed by atoms with E-state index in [-0.39, 0.29) is 10.6 Å². The van der Waals surface area contributed by atoms with Gasteiger partial charge in [0.2, 0.25) is 10.0 Å². The number of non-ortho nitro benzene ring substituents is 1. The molecule has 0 atom stereocenters. The van der Waals surface area contributed by atoms with Gasteiger partial charge in [0.25, 0.3) is 5.69 Å². The minimum absolute atomic E-state index is 0.0674. The van der Waals surface area contributed by atoms with Gasteiger partial charge in [-0.3, -0.25) is 15.0 Å². The molecule has 0 aliphatic carbocycles. The Morgan fingerprint density at radius 3 is 2.20 bits per heavy atom. The van der Waals surface area contributed by atoms with E-state index in [0.29, 0.717) is 32.8 Å². The predicted octanol–water partition coefficient (Wildman–Crippen LogP) is 2.58. The van der Waals surface area contributed by atoms with E-state index < -0.39 is 14.9 Å². The van der Waals surface area contributed by atoms with E-state index in [4.69, 9.17) is 12.2 Å². The molecule has 0 amide bonds. The first kappa shape index (κ1) is 20.7. The maximum absolute atomic E-state index is 12.9. The van der Waals surface area contributed by atoms with Crippen molar-refractivity contribution < 1.29 is 13.3 Å². The first-order chi connectivity index (χ1) is 14.3. The number of sulfonamides is 1. The fraction of sp³-hybridized carbons (Fsp3) is 0.316. The van der Waals surface area contributed by atoms with E-state index in [0.717, 1.165) is 15.8 Å². The molecule has 1 aliphatic rings. The molecule has 1 aliphatic heterocycles. The van der Waals surface area contributed by atoms with Crippen LogP contribution in [0.5, 0.6) is 0 Å². The zero-order valence-corrected chi connectivity index (χ0v) is 18.0. The van der Waals surface area contributed by atoms with Crippen molar-refractivity contribution in [3.8, 4) is 0 Å². The Bertz CT molecular complexity index is 1260. The lowest BCUT2D eigenvalue weighted by Gasteiger charge is -2.34. The van der Waals surface area contributed by atoms with Crippen LogP contribution in [0.4, 0.5) is 5.69 Å². The van der Waals surface area contributed by atoms with Crippen molar-refractivity contribution in [3.05, 3.63) is 63.4 Å². The standard InChI is InChI=1S/C19H21N5O4S2/c1-20-17-4-2-3-5-18(17)23(19(20)29)14-21-10-12-22(13-11-21)30(27,28)16-8-6-15(7-9-16)24(25)26/h2-9H,10-14H2,1H3.